The van der Waals surface area contributed by atoms with Crippen LogP contribution in [0.5, 0.6) is 0 Å². The van der Waals surface area contributed by atoms with E-state index in [0.717, 1.165) is 31.0 Å². The third kappa shape index (κ3) is 2.11. The fourth-order valence-corrected chi connectivity index (χ4v) is 2.44. The SMILES string of the molecule is Cc1nnc2ccc(N3CCC[C@@H](C(=O)O)C3)nn12. The molecular formula is C12H15N5O2. The van der Waals surface area contributed by atoms with Crippen molar-refractivity contribution in [3.8, 4) is 0 Å². The Bertz CT molecular complexity index is 624. The zero-order valence-electron chi connectivity index (χ0n) is 10.7. The number of nitrogens with zero attached hydrogens (tertiary/aromatic N) is 5. The van der Waals surface area contributed by atoms with Gasteiger partial charge in [0, 0.05) is 13.1 Å². The second-order valence-corrected chi connectivity index (χ2v) is 4.83. The molecule has 3 heterocycles. The van der Waals surface area contributed by atoms with Gasteiger partial charge in [0.1, 0.15) is 5.82 Å². The summed E-state index contributed by atoms with van der Waals surface area (Å²) in [4.78, 5) is 13.1. The Hall–Kier alpha value is -2.18. The van der Waals surface area contributed by atoms with Crippen molar-refractivity contribution in [1.82, 2.24) is 19.8 Å². The van der Waals surface area contributed by atoms with Gasteiger partial charge in [0.15, 0.2) is 11.5 Å². The summed E-state index contributed by atoms with van der Waals surface area (Å²) in [5.41, 5.74) is 0.702. The van der Waals surface area contributed by atoms with Gasteiger partial charge in [-0.05, 0) is 31.9 Å². The molecule has 0 amide bonds. The summed E-state index contributed by atoms with van der Waals surface area (Å²) >= 11 is 0. The van der Waals surface area contributed by atoms with Crippen LogP contribution in [0.3, 0.4) is 0 Å². The largest absolute Gasteiger partial charge is 0.481 e. The van der Waals surface area contributed by atoms with Crippen LogP contribution < -0.4 is 4.90 Å². The van der Waals surface area contributed by atoms with Gasteiger partial charge in [-0.15, -0.1) is 15.3 Å². The van der Waals surface area contributed by atoms with Crippen molar-refractivity contribution in [2.45, 2.75) is 19.8 Å². The fourth-order valence-electron chi connectivity index (χ4n) is 2.44. The fraction of sp³-hybridized carbons (Fsp3) is 0.500. The quantitative estimate of drug-likeness (QED) is 0.858. The maximum Gasteiger partial charge on any atom is 0.308 e. The Kier molecular flexibility index (Phi) is 2.81. The van der Waals surface area contributed by atoms with Crippen LogP contribution in [0.2, 0.25) is 0 Å². The first-order valence-electron chi connectivity index (χ1n) is 6.32. The zero-order chi connectivity index (χ0) is 13.4. The van der Waals surface area contributed by atoms with Crippen LogP contribution in [0.1, 0.15) is 18.7 Å². The molecule has 0 aliphatic carbocycles. The Labute approximate surface area is 109 Å². The molecule has 7 nitrogen and oxygen atoms in total. The molecule has 1 fully saturated rings. The minimum absolute atomic E-state index is 0.312. The molecule has 3 rings (SSSR count). The molecular weight excluding hydrogens is 246 g/mol. The van der Waals surface area contributed by atoms with Gasteiger partial charge >= 0.3 is 5.97 Å². The van der Waals surface area contributed by atoms with Gasteiger partial charge in [-0.25, -0.2) is 0 Å². The Morgan fingerprint density at radius 1 is 1.42 bits per heavy atom. The standard InChI is InChI=1S/C12H15N5O2/c1-8-13-14-10-4-5-11(15-17(8)10)16-6-2-3-9(7-16)12(18)19/h4-5,9H,2-3,6-7H2,1H3,(H,18,19)/t9-/m1/s1. The van der Waals surface area contributed by atoms with E-state index in [1.165, 1.54) is 0 Å². The van der Waals surface area contributed by atoms with Gasteiger partial charge in [0.25, 0.3) is 0 Å². The van der Waals surface area contributed by atoms with Crippen molar-refractivity contribution in [3.63, 3.8) is 0 Å². The van der Waals surface area contributed by atoms with Crippen LogP contribution in [0.15, 0.2) is 12.1 Å². The highest BCUT2D eigenvalue weighted by Gasteiger charge is 2.26. The highest BCUT2D eigenvalue weighted by molar-refractivity contribution is 5.71. The molecule has 7 heteroatoms. The van der Waals surface area contributed by atoms with Gasteiger partial charge < -0.3 is 10.0 Å². The van der Waals surface area contributed by atoms with E-state index in [2.05, 4.69) is 15.3 Å². The van der Waals surface area contributed by atoms with E-state index in [-0.39, 0.29) is 5.92 Å². The highest BCUT2D eigenvalue weighted by atomic mass is 16.4. The van der Waals surface area contributed by atoms with Gasteiger partial charge in [0.2, 0.25) is 0 Å². The molecule has 0 aromatic carbocycles. The number of aryl methyl sites for hydroxylation is 1. The highest BCUT2D eigenvalue weighted by Crippen LogP contribution is 2.22. The van der Waals surface area contributed by atoms with E-state index in [4.69, 9.17) is 5.11 Å². The summed E-state index contributed by atoms with van der Waals surface area (Å²) in [7, 11) is 0. The number of anilines is 1. The van der Waals surface area contributed by atoms with E-state index in [1.807, 2.05) is 24.0 Å². The van der Waals surface area contributed by atoms with Crippen molar-refractivity contribution in [2.24, 2.45) is 5.92 Å². The molecule has 0 saturated carbocycles. The van der Waals surface area contributed by atoms with Crippen LogP contribution in [-0.2, 0) is 4.79 Å². The summed E-state index contributed by atoms with van der Waals surface area (Å²) in [6.45, 7) is 3.19. The predicted molar refractivity (Wildman–Crippen MR) is 68.1 cm³/mol. The summed E-state index contributed by atoms with van der Waals surface area (Å²) in [6.07, 6.45) is 1.61. The molecule has 2 aromatic heterocycles. The third-order valence-electron chi connectivity index (χ3n) is 3.50. The predicted octanol–water partition coefficient (Wildman–Crippen LogP) is 0.734. The molecule has 0 unspecified atom stereocenters. The van der Waals surface area contributed by atoms with E-state index in [0.29, 0.717) is 12.2 Å². The van der Waals surface area contributed by atoms with Gasteiger partial charge in [0.05, 0.1) is 5.92 Å². The smallest absolute Gasteiger partial charge is 0.308 e. The maximum absolute atomic E-state index is 11.1. The van der Waals surface area contributed by atoms with Crippen molar-refractivity contribution in [1.29, 1.82) is 0 Å². The van der Waals surface area contributed by atoms with Crippen LogP contribution in [0, 0.1) is 12.8 Å². The average molecular weight is 261 g/mol. The van der Waals surface area contributed by atoms with E-state index >= 15 is 0 Å². The molecule has 0 radical (unpaired) electrons. The number of carbonyl (C=O) groups is 1. The number of fused-ring (bicyclic) bond motifs is 1. The number of aliphatic carboxylic acids is 1. The second-order valence-electron chi connectivity index (χ2n) is 4.83. The number of hydrogen-bond acceptors (Lipinski definition) is 5. The van der Waals surface area contributed by atoms with Crippen molar-refractivity contribution in [2.75, 3.05) is 18.0 Å². The normalized spacial score (nSPS) is 19.8. The number of piperidine rings is 1. The summed E-state index contributed by atoms with van der Waals surface area (Å²) in [5, 5.41) is 21.5. The molecule has 1 saturated heterocycles. The van der Waals surface area contributed by atoms with Crippen molar-refractivity contribution >= 4 is 17.4 Å². The maximum atomic E-state index is 11.1. The lowest BCUT2D eigenvalue weighted by atomic mass is 9.98. The van der Waals surface area contributed by atoms with Gasteiger partial charge in [-0.2, -0.15) is 4.52 Å². The van der Waals surface area contributed by atoms with E-state index in [1.54, 1.807) is 4.52 Å². The summed E-state index contributed by atoms with van der Waals surface area (Å²) < 4.78 is 1.68. The van der Waals surface area contributed by atoms with Crippen LogP contribution in [0.25, 0.3) is 5.65 Å². The number of hydrogen-bond donors (Lipinski definition) is 1. The molecule has 1 aliphatic rings. The molecule has 0 spiro atoms. The number of rotatable bonds is 2. The number of carboxylic acids is 1. The molecule has 19 heavy (non-hydrogen) atoms. The Morgan fingerprint density at radius 2 is 2.26 bits per heavy atom. The lowest BCUT2D eigenvalue weighted by Crippen LogP contribution is -2.39. The first-order chi connectivity index (χ1) is 9.15. The number of carboxylic acid groups (broad SMARTS) is 1. The number of aromatic nitrogens is 4. The Balaban J connectivity index is 1.90. The second kappa shape index (κ2) is 4.49. The third-order valence-corrected chi connectivity index (χ3v) is 3.50. The van der Waals surface area contributed by atoms with Gasteiger partial charge in [-0.1, -0.05) is 0 Å². The molecule has 1 aliphatic heterocycles. The summed E-state index contributed by atoms with van der Waals surface area (Å²) in [5.74, 6) is 0.463. The first-order valence-corrected chi connectivity index (χ1v) is 6.32. The average Bonchev–Trinajstić information content (AvgIpc) is 2.80. The van der Waals surface area contributed by atoms with Crippen molar-refractivity contribution in [3.05, 3.63) is 18.0 Å². The molecule has 1 atom stereocenters. The monoisotopic (exact) mass is 261 g/mol. The Morgan fingerprint density at radius 3 is 3.05 bits per heavy atom. The van der Waals surface area contributed by atoms with Crippen LogP contribution in [-0.4, -0.2) is 44.0 Å². The van der Waals surface area contributed by atoms with Crippen LogP contribution in [0.4, 0.5) is 5.82 Å². The minimum atomic E-state index is -0.730. The van der Waals surface area contributed by atoms with Crippen LogP contribution >= 0.6 is 0 Å². The molecule has 100 valence electrons. The van der Waals surface area contributed by atoms with E-state index in [9.17, 15) is 4.79 Å². The summed E-state index contributed by atoms with van der Waals surface area (Å²) in [6, 6.07) is 3.72. The minimum Gasteiger partial charge on any atom is -0.481 e. The van der Waals surface area contributed by atoms with E-state index < -0.39 is 5.97 Å². The van der Waals surface area contributed by atoms with Crippen molar-refractivity contribution < 1.29 is 9.90 Å². The zero-order valence-corrected chi connectivity index (χ0v) is 10.7. The topological polar surface area (TPSA) is 83.6 Å². The van der Waals surface area contributed by atoms with Gasteiger partial charge in [-0.3, -0.25) is 4.79 Å². The molecule has 2 aromatic rings. The first kappa shape index (κ1) is 11.9. The molecule has 1 N–H and O–H groups in total. The lowest BCUT2D eigenvalue weighted by molar-refractivity contribution is -0.141. The molecule has 0 bridgehead atoms. The lowest BCUT2D eigenvalue weighted by Gasteiger charge is -2.31.